The van der Waals surface area contributed by atoms with E-state index in [1.165, 1.54) is 42.1 Å². The number of aliphatic hydroxyl groups is 1. The maximum Gasteiger partial charge on any atom is 0.332 e. The van der Waals surface area contributed by atoms with Gasteiger partial charge in [0.2, 0.25) is 0 Å². The van der Waals surface area contributed by atoms with Gasteiger partial charge in [-0.15, -0.1) is 0 Å². The topological polar surface area (TPSA) is 94.9 Å². The maximum atomic E-state index is 13.7. The highest BCUT2D eigenvalue weighted by Gasteiger charge is 2.25. The van der Waals surface area contributed by atoms with Crippen LogP contribution >= 0.6 is 11.6 Å². The molecule has 1 aromatic carbocycles. The molecule has 0 atom stereocenters. The van der Waals surface area contributed by atoms with Crippen molar-refractivity contribution >= 4 is 22.8 Å². The number of rotatable bonds is 7. The lowest BCUT2D eigenvalue weighted by atomic mass is 10.1. The van der Waals surface area contributed by atoms with Gasteiger partial charge in [0, 0.05) is 44.4 Å². The van der Waals surface area contributed by atoms with E-state index in [0.29, 0.717) is 22.1 Å². The molecule has 3 aromatic heterocycles. The Bertz CT molecular complexity index is 1450. The van der Waals surface area contributed by atoms with E-state index in [1.807, 2.05) is 0 Å². The zero-order valence-electron chi connectivity index (χ0n) is 18.5. The van der Waals surface area contributed by atoms with Crippen LogP contribution in [0.1, 0.15) is 24.6 Å². The summed E-state index contributed by atoms with van der Waals surface area (Å²) >= 11 is 5.95. The van der Waals surface area contributed by atoms with Crippen molar-refractivity contribution in [3.63, 3.8) is 0 Å². The lowest BCUT2D eigenvalue weighted by Gasteiger charge is -2.13. The summed E-state index contributed by atoms with van der Waals surface area (Å²) in [6, 6.07) is 8.97. The van der Waals surface area contributed by atoms with Crippen LogP contribution in [0.4, 0.5) is 8.78 Å². The van der Waals surface area contributed by atoms with Gasteiger partial charge >= 0.3 is 5.69 Å². The summed E-state index contributed by atoms with van der Waals surface area (Å²) in [6.45, 7) is 0.801. The minimum absolute atomic E-state index is 0.0396. The molecule has 178 valence electrons. The molecule has 0 radical (unpaired) electrons. The highest BCUT2D eigenvalue weighted by Crippen LogP contribution is 2.30. The fourth-order valence-corrected chi connectivity index (χ4v) is 3.86. The van der Waals surface area contributed by atoms with Gasteiger partial charge in [0.25, 0.3) is 11.5 Å². The smallest absolute Gasteiger partial charge is 0.332 e. The molecule has 0 fully saturated rings. The molecule has 0 saturated carbocycles. The molecule has 1 N–H and O–H groups in total. The largest absolute Gasteiger partial charge is 0.396 e. The number of halogens is 3. The Balaban J connectivity index is 1.98. The van der Waals surface area contributed by atoms with E-state index in [1.54, 1.807) is 16.7 Å². The summed E-state index contributed by atoms with van der Waals surface area (Å²) in [5.41, 5.74) is 0.116. The van der Waals surface area contributed by atoms with E-state index in [0.717, 1.165) is 11.5 Å². The van der Waals surface area contributed by atoms with Crippen LogP contribution in [0.3, 0.4) is 0 Å². The number of aryl methyl sites for hydroxylation is 1. The average Bonchev–Trinajstić information content (AvgIpc) is 3.18. The molecule has 0 aliphatic heterocycles. The Morgan fingerprint density at radius 3 is 2.38 bits per heavy atom. The van der Waals surface area contributed by atoms with Gasteiger partial charge in [-0.05, 0) is 18.6 Å². The van der Waals surface area contributed by atoms with Crippen LogP contribution in [0.25, 0.3) is 22.6 Å². The molecule has 0 spiro atoms. The Hall–Kier alpha value is -3.37. The number of hydrogen-bond donors (Lipinski definition) is 1. The second-order valence-electron chi connectivity index (χ2n) is 8.00. The first-order chi connectivity index (χ1) is 16.1. The van der Waals surface area contributed by atoms with Crippen molar-refractivity contribution in [3.05, 3.63) is 79.7 Å². The third kappa shape index (κ3) is 4.38. The van der Waals surface area contributed by atoms with E-state index in [4.69, 9.17) is 11.6 Å². The van der Waals surface area contributed by atoms with Gasteiger partial charge in [-0.25, -0.2) is 18.6 Å². The number of alkyl halides is 2. The second kappa shape index (κ2) is 9.11. The molecular formula is C23H22ClF2N5O3. The van der Waals surface area contributed by atoms with Crippen molar-refractivity contribution in [1.82, 2.24) is 23.7 Å². The first-order valence-corrected chi connectivity index (χ1v) is 10.9. The summed E-state index contributed by atoms with van der Waals surface area (Å²) < 4.78 is 31.4. The van der Waals surface area contributed by atoms with Gasteiger partial charge in [0.1, 0.15) is 5.82 Å². The van der Waals surface area contributed by atoms with E-state index < -0.39 is 17.2 Å². The van der Waals surface area contributed by atoms with Crippen molar-refractivity contribution in [2.75, 3.05) is 6.61 Å². The Kier molecular flexibility index (Phi) is 6.37. The fourth-order valence-electron chi connectivity index (χ4n) is 3.75. The number of aromatic nitrogens is 5. The molecular weight excluding hydrogens is 468 g/mol. The molecule has 0 unspecified atom stereocenters. The lowest BCUT2D eigenvalue weighted by Crippen LogP contribution is -2.40. The quantitative estimate of drug-likeness (QED) is 0.430. The molecule has 0 amide bonds. The van der Waals surface area contributed by atoms with Crippen LogP contribution in [-0.2, 0) is 26.1 Å². The highest BCUT2D eigenvalue weighted by atomic mass is 35.5. The first-order valence-electron chi connectivity index (χ1n) is 10.5. The second-order valence-corrected chi connectivity index (χ2v) is 8.44. The number of fused-ring (bicyclic) bond motifs is 1. The van der Waals surface area contributed by atoms with E-state index in [9.17, 15) is 23.5 Å². The summed E-state index contributed by atoms with van der Waals surface area (Å²) in [5.74, 6) is -2.68. The monoisotopic (exact) mass is 489 g/mol. The predicted octanol–water partition coefficient (Wildman–Crippen LogP) is 3.15. The highest BCUT2D eigenvalue weighted by molar-refractivity contribution is 6.30. The Morgan fingerprint density at radius 1 is 1.09 bits per heavy atom. The van der Waals surface area contributed by atoms with E-state index >= 15 is 0 Å². The molecule has 4 rings (SSSR count). The normalized spacial score (nSPS) is 11.9. The third-order valence-electron chi connectivity index (χ3n) is 5.53. The molecule has 0 bridgehead atoms. The maximum absolute atomic E-state index is 13.7. The SMILES string of the molecule is Cn1c(=O)n(CCCO)c(=O)c2c1nc(-c1ccc(C(C)(F)F)cc1)n2Cc1ccc(Cl)cn1. The molecule has 0 aliphatic rings. The van der Waals surface area contributed by atoms with Gasteiger partial charge in [-0.3, -0.25) is 18.9 Å². The Morgan fingerprint density at radius 2 is 1.79 bits per heavy atom. The van der Waals surface area contributed by atoms with E-state index in [-0.39, 0.29) is 42.8 Å². The van der Waals surface area contributed by atoms with Gasteiger partial charge < -0.3 is 9.67 Å². The zero-order chi connectivity index (χ0) is 24.6. The summed E-state index contributed by atoms with van der Waals surface area (Å²) in [6.07, 6.45) is 1.70. The van der Waals surface area contributed by atoms with Crippen molar-refractivity contribution in [3.8, 4) is 11.4 Å². The minimum atomic E-state index is -3.00. The Labute approximate surface area is 197 Å². The van der Waals surface area contributed by atoms with Crippen LogP contribution in [0.15, 0.2) is 52.2 Å². The van der Waals surface area contributed by atoms with Crippen molar-refractivity contribution in [1.29, 1.82) is 0 Å². The number of pyridine rings is 1. The van der Waals surface area contributed by atoms with E-state index in [2.05, 4.69) is 9.97 Å². The van der Waals surface area contributed by atoms with Crippen LogP contribution in [-0.4, -0.2) is 35.4 Å². The molecule has 11 heteroatoms. The predicted molar refractivity (Wildman–Crippen MR) is 124 cm³/mol. The molecule has 0 saturated heterocycles. The van der Waals surface area contributed by atoms with Crippen molar-refractivity contribution < 1.29 is 13.9 Å². The minimum Gasteiger partial charge on any atom is -0.396 e. The van der Waals surface area contributed by atoms with Crippen LogP contribution in [0, 0.1) is 0 Å². The molecule has 0 aliphatic carbocycles. The standard InChI is InChI=1S/C23H22ClF2N5O3/c1-23(25,26)15-6-4-14(5-7-15)19-28-20-18(31(19)13-17-9-8-16(24)12-27-17)21(33)30(10-3-11-32)22(34)29(20)2/h4-9,12,32H,3,10-11,13H2,1-2H3. The third-order valence-corrected chi connectivity index (χ3v) is 5.75. The summed E-state index contributed by atoms with van der Waals surface area (Å²) in [4.78, 5) is 35.0. The van der Waals surface area contributed by atoms with Crippen LogP contribution in [0.2, 0.25) is 5.02 Å². The summed E-state index contributed by atoms with van der Waals surface area (Å²) in [5, 5.41) is 9.63. The number of aliphatic hydroxyl groups excluding tert-OH is 1. The number of imidazole rings is 1. The van der Waals surface area contributed by atoms with Gasteiger partial charge in [-0.1, -0.05) is 35.9 Å². The number of hydrogen-bond acceptors (Lipinski definition) is 5. The van der Waals surface area contributed by atoms with Gasteiger partial charge in [-0.2, -0.15) is 0 Å². The zero-order valence-corrected chi connectivity index (χ0v) is 19.3. The molecule has 3 heterocycles. The van der Waals surface area contributed by atoms with Crippen LogP contribution in [0.5, 0.6) is 0 Å². The number of nitrogens with zero attached hydrogens (tertiary/aromatic N) is 5. The lowest BCUT2D eigenvalue weighted by molar-refractivity contribution is 0.0175. The first kappa shape index (κ1) is 23.8. The van der Waals surface area contributed by atoms with Crippen molar-refractivity contribution in [2.24, 2.45) is 7.05 Å². The van der Waals surface area contributed by atoms with Gasteiger partial charge in [0.05, 0.1) is 17.3 Å². The van der Waals surface area contributed by atoms with Crippen molar-refractivity contribution in [2.45, 2.75) is 32.4 Å². The van der Waals surface area contributed by atoms with Crippen LogP contribution < -0.4 is 11.2 Å². The number of benzene rings is 1. The molecule has 4 aromatic rings. The van der Waals surface area contributed by atoms with Gasteiger partial charge in [0.15, 0.2) is 11.2 Å². The molecule has 8 nitrogen and oxygen atoms in total. The molecule has 34 heavy (non-hydrogen) atoms. The average molecular weight is 490 g/mol. The fraction of sp³-hybridized carbons (Fsp3) is 0.304. The summed E-state index contributed by atoms with van der Waals surface area (Å²) in [7, 11) is 1.50.